The Hall–Kier alpha value is -2.49. The SMILES string of the molecule is CCOC(=O)CCCCCCCCCCOc1ccc(OCc2ccccc2)cc1. The van der Waals surface area contributed by atoms with Crippen molar-refractivity contribution < 1.29 is 19.0 Å². The van der Waals surface area contributed by atoms with E-state index in [9.17, 15) is 4.79 Å². The maximum atomic E-state index is 11.2. The quantitative estimate of drug-likeness (QED) is 0.227. The lowest BCUT2D eigenvalue weighted by Crippen LogP contribution is -2.03. The van der Waals surface area contributed by atoms with Gasteiger partial charge in [0.25, 0.3) is 0 Å². The first-order valence-electron chi connectivity index (χ1n) is 11.3. The van der Waals surface area contributed by atoms with Crippen LogP contribution in [0.25, 0.3) is 0 Å². The highest BCUT2D eigenvalue weighted by atomic mass is 16.5. The van der Waals surface area contributed by atoms with Gasteiger partial charge in [-0.2, -0.15) is 0 Å². The highest BCUT2D eigenvalue weighted by molar-refractivity contribution is 5.69. The molecular formula is C26H36O4. The van der Waals surface area contributed by atoms with Crippen molar-refractivity contribution in [2.24, 2.45) is 0 Å². The fourth-order valence-corrected chi connectivity index (χ4v) is 3.23. The first-order valence-corrected chi connectivity index (χ1v) is 11.3. The molecule has 0 unspecified atom stereocenters. The van der Waals surface area contributed by atoms with Gasteiger partial charge in [-0.15, -0.1) is 0 Å². The molecule has 0 saturated heterocycles. The Morgan fingerprint density at radius 1 is 0.700 bits per heavy atom. The molecule has 0 aliphatic heterocycles. The largest absolute Gasteiger partial charge is 0.494 e. The van der Waals surface area contributed by atoms with Crippen LogP contribution < -0.4 is 9.47 Å². The van der Waals surface area contributed by atoms with Crippen molar-refractivity contribution >= 4 is 5.97 Å². The molecule has 2 rings (SSSR count). The van der Waals surface area contributed by atoms with Crippen molar-refractivity contribution in [2.75, 3.05) is 13.2 Å². The van der Waals surface area contributed by atoms with Crippen molar-refractivity contribution in [3.63, 3.8) is 0 Å². The van der Waals surface area contributed by atoms with Crippen LogP contribution in [0.1, 0.15) is 70.3 Å². The zero-order valence-electron chi connectivity index (χ0n) is 18.3. The molecule has 0 bridgehead atoms. The lowest BCUT2D eigenvalue weighted by Gasteiger charge is -2.09. The molecule has 4 heteroatoms. The van der Waals surface area contributed by atoms with E-state index in [1.165, 1.54) is 32.1 Å². The van der Waals surface area contributed by atoms with Crippen molar-refractivity contribution in [2.45, 2.75) is 71.3 Å². The Morgan fingerprint density at radius 2 is 1.27 bits per heavy atom. The predicted octanol–water partition coefficient (Wildman–Crippen LogP) is 6.72. The van der Waals surface area contributed by atoms with Crippen LogP contribution in [0, 0.1) is 0 Å². The fraction of sp³-hybridized carbons (Fsp3) is 0.500. The predicted molar refractivity (Wildman–Crippen MR) is 121 cm³/mol. The van der Waals surface area contributed by atoms with Crippen LogP contribution in [-0.4, -0.2) is 19.2 Å². The van der Waals surface area contributed by atoms with Crippen molar-refractivity contribution in [3.8, 4) is 11.5 Å². The molecule has 4 nitrogen and oxygen atoms in total. The fourth-order valence-electron chi connectivity index (χ4n) is 3.23. The molecule has 0 saturated carbocycles. The molecule has 0 aliphatic carbocycles. The van der Waals surface area contributed by atoms with Gasteiger partial charge in [-0.25, -0.2) is 0 Å². The minimum absolute atomic E-state index is 0.0631. The van der Waals surface area contributed by atoms with E-state index in [4.69, 9.17) is 14.2 Å². The number of hydrogen-bond donors (Lipinski definition) is 0. The normalized spacial score (nSPS) is 10.6. The monoisotopic (exact) mass is 412 g/mol. The molecule has 0 aliphatic rings. The van der Waals surface area contributed by atoms with Gasteiger partial charge in [-0.05, 0) is 49.6 Å². The standard InChI is InChI=1S/C26H36O4/c1-2-28-26(27)16-12-7-5-3-4-6-8-13-21-29-24-17-19-25(20-18-24)30-22-23-14-10-9-11-15-23/h9-11,14-15,17-20H,2-8,12-13,16,21-22H2,1H3. The second kappa shape index (κ2) is 15.4. The lowest BCUT2D eigenvalue weighted by atomic mass is 10.1. The van der Waals surface area contributed by atoms with E-state index in [1.54, 1.807) is 0 Å². The van der Waals surface area contributed by atoms with Crippen LogP contribution in [0.5, 0.6) is 11.5 Å². The van der Waals surface area contributed by atoms with Crippen molar-refractivity contribution in [3.05, 3.63) is 60.2 Å². The molecule has 2 aromatic carbocycles. The molecule has 0 fully saturated rings. The maximum Gasteiger partial charge on any atom is 0.305 e. The summed E-state index contributed by atoms with van der Waals surface area (Å²) >= 11 is 0. The van der Waals surface area contributed by atoms with Crippen LogP contribution in [0.2, 0.25) is 0 Å². The molecule has 0 atom stereocenters. The number of benzene rings is 2. The topological polar surface area (TPSA) is 44.8 Å². The zero-order chi connectivity index (χ0) is 21.3. The Bertz CT molecular complexity index is 682. The van der Waals surface area contributed by atoms with Crippen molar-refractivity contribution in [1.82, 2.24) is 0 Å². The third kappa shape index (κ3) is 10.9. The molecule has 0 spiro atoms. The highest BCUT2D eigenvalue weighted by Crippen LogP contribution is 2.19. The number of carbonyl (C=O) groups is 1. The number of rotatable bonds is 16. The average Bonchev–Trinajstić information content (AvgIpc) is 2.78. The van der Waals surface area contributed by atoms with Gasteiger partial charge < -0.3 is 14.2 Å². The van der Waals surface area contributed by atoms with E-state index in [0.717, 1.165) is 42.9 Å². The smallest absolute Gasteiger partial charge is 0.305 e. The van der Waals surface area contributed by atoms with Crippen molar-refractivity contribution in [1.29, 1.82) is 0 Å². The molecule has 0 heterocycles. The Morgan fingerprint density at radius 3 is 1.90 bits per heavy atom. The number of ether oxygens (including phenoxy) is 3. The molecule has 164 valence electrons. The third-order valence-corrected chi connectivity index (χ3v) is 4.92. The van der Waals surface area contributed by atoms with E-state index in [0.29, 0.717) is 19.6 Å². The summed E-state index contributed by atoms with van der Waals surface area (Å²) in [6.07, 6.45) is 9.85. The first kappa shape index (κ1) is 23.8. The third-order valence-electron chi connectivity index (χ3n) is 4.92. The van der Waals surface area contributed by atoms with E-state index in [1.807, 2.05) is 49.4 Å². The van der Waals surface area contributed by atoms with E-state index in [2.05, 4.69) is 12.1 Å². The lowest BCUT2D eigenvalue weighted by molar-refractivity contribution is -0.143. The highest BCUT2D eigenvalue weighted by Gasteiger charge is 2.01. The Balaban J connectivity index is 1.43. The molecule has 0 amide bonds. The number of carbonyl (C=O) groups excluding carboxylic acids is 1. The van der Waals surface area contributed by atoms with Crippen LogP contribution in [-0.2, 0) is 16.1 Å². The summed E-state index contributed by atoms with van der Waals surface area (Å²) in [6, 6.07) is 18.0. The number of esters is 1. The van der Waals surface area contributed by atoms with E-state index in [-0.39, 0.29) is 5.97 Å². The van der Waals surface area contributed by atoms with Gasteiger partial charge in [0.05, 0.1) is 13.2 Å². The van der Waals surface area contributed by atoms with Gasteiger partial charge >= 0.3 is 5.97 Å². The maximum absolute atomic E-state index is 11.2. The van der Waals surface area contributed by atoms with E-state index < -0.39 is 0 Å². The van der Waals surface area contributed by atoms with Crippen LogP contribution in [0.3, 0.4) is 0 Å². The Kier molecular flexibility index (Phi) is 12.2. The minimum Gasteiger partial charge on any atom is -0.494 e. The number of hydrogen-bond acceptors (Lipinski definition) is 4. The summed E-state index contributed by atoms with van der Waals surface area (Å²) in [5.74, 6) is 1.68. The molecule has 2 aromatic rings. The summed E-state index contributed by atoms with van der Waals surface area (Å²) in [5.41, 5.74) is 1.16. The minimum atomic E-state index is -0.0631. The summed E-state index contributed by atoms with van der Waals surface area (Å²) in [6.45, 7) is 3.66. The molecule has 30 heavy (non-hydrogen) atoms. The summed E-state index contributed by atoms with van der Waals surface area (Å²) in [5, 5.41) is 0. The molecule has 0 radical (unpaired) electrons. The van der Waals surface area contributed by atoms with Gasteiger partial charge in [0, 0.05) is 6.42 Å². The number of unbranched alkanes of at least 4 members (excludes halogenated alkanes) is 7. The van der Waals surface area contributed by atoms with E-state index >= 15 is 0 Å². The van der Waals surface area contributed by atoms with Crippen LogP contribution in [0.15, 0.2) is 54.6 Å². The van der Waals surface area contributed by atoms with Gasteiger partial charge in [0.2, 0.25) is 0 Å². The van der Waals surface area contributed by atoms with Crippen LogP contribution in [0.4, 0.5) is 0 Å². The van der Waals surface area contributed by atoms with Gasteiger partial charge in [-0.1, -0.05) is 68.9 Å². The van der Waals surface area contributed by atoms with Crippen LogP contribution >= 0.6 is 0 Å². The van der Waals surface area contributed by atoms with Gasteiger partial charge in [0.15, 0.2) is 0 Å². The summed E-state index contributed by atoms with van der Waals surface area (Å²) < 4.78 is 16.6. The van der Waals surface area contributed by atoms with Gasteiger partial charge in [0.1, 0.15) is 18.1 Å². The zero-order valence-corrected chi connectivity index (χ0v) is 18.3. The first-order chi connectivity index (χ1) is 14.8. The average molecular weight is 413 g/mol. The molecular weight excluding hydrogens is 376 g/mol. The second-order valence-corrected chi connectivity index (χ2v) is 7.48. The van der Waals surface area contributed by atoms with Gasteiger partial charge in [-0.3, -0.25) is 4.79 Å². The second-order valence-electron chi connectivity index (χ2n) is 7.48. The summed E-state index contributed by atoms with van der Waals surface area (Å²) in [7, 11) is 0. The Labute approximate surface area is 181 Å². The molecule has 0 aromatic heterocycles. The summed E-state index contributed by atoms with van der Waals surface area (Å²) in [4.78, 5) is 11.2. The molecule has 0 N–H and O–H groups in total.